The maximum absolute atomic E-state index is 12.3. The second kappa shape index (κ2) is 7.77. The highest BCUT2D eigenvalue weighted by molar-refractivity contribution is 5.87. The number of amides is 1. The first-order valence-corrected chi connectivity index (χ1v) is 9.01. The molecule has 0 aromatic heterocycles. The van der Waals surface area contributed by atoms with E-state index in [4.69, 9.17) is 9.47 Å². The third-order valence-corrected chi connectivity index (χ3v) is 4.99. The van der Waals surface area contributed by atoms with Crippen molar-refractivity contribution in [3.63, 3.8) is 0 Å². The zero-order valence-corrected chi connectivity index (χ0v) is 15.5. The number of hydrogen-bond donors (Lipinski definition) is 1. The number of methoxy groups -OCH3 is 1. The van der Waals surface area contributed by atoms with E-state index in [1.54, 1.807) is 14.0 Å². The fourth-order valence-electron chi connectivity index (χ4n) is 3.05. The van der Waals surface area contributed by atoms with Gasteiger partial charge >= 0.3 is 5.97 Å². The van der Waals surface area contributed by atoms with Gasteiger partial charge in [0.2, 0.25) is 0 Å². The number of hydrogen-bond acceptors (Lipinski definition) is 4. The Hall–Kier alpha value is -2.56. The van der Waals surface area contributed by atoms with E-state index in [1.807, 2.05) is 43.3 Å². The van der Waals surface area contributed by atoms with Crippen molar-refractivity contribution in [1.29, 1.82) is 0 Å². The van der Waals surface area contributed by atoms with Crippen molar-refractivity contribution in [3.8, 4) is 5.75 Å². The number of fused-ring (bicyclic) bond motifs is 1. The van der Waals surface area contributed by atoms with E-state index in [1.165, 1.54) is 0 Å². The average Bonchev–Trinajstić information content (AvgIpc) is 3.49. The molecule has 2 aromatic rings. The molecule has 0 unspecified atom stereocenters. The van der Waals surface area contributed by atoms with E-state index in [0.717, 1.165) is 34.9 Å². The molecule has 5 heteroatoms. The molecule has 0 radical (unpaired) electrons. The second-order valence-electron chi connectivity index (χ2n) is 7.00. The summed E-state index contributed by atoms with van der Waals surface area (Å²) in [5.41, 5.74) is 0.861. The summed E-state index contributed by atoms with van der Waals surface area (Å²) >= 11 is 0. The number of carbonyl (C=O) groups is 2. The molecule has 26 heavy (non-hydrogen) atoms. The second-order valence-corrected chi connectivity index (χ2v) is 7.00. The van der Waals surface area contributed by atoms with Crippen molar-refractivity contribution < 1.29 is 19.1 Å². The van der Waals surface area contributed by atoms with E-state index < -0.39 is 11.9 Å². The third kappa shape index (κ3) is 4.34. The van der Waals surface area contributed by atoms with E-state index in [0.29, 0.717) is 5.92 Å². The standard InChI is InChI=1S/C21H25NO4/c1-13(21(24)26-12-20(23)22-14(2)15-4-5-15)16-6-7-18-11-19(25-3)9-8-17(18)10-16/h6-11,13-15H,4-5,12H2,1-3H3,(H,22,23)/t13-,14-/m0/s1. The number of benzene rings is 2. The normalized spacial score (nSPS) is 16.0. The topological polar surface area (TPSA) is 64.6 Å². The molecule has 5 nitrogen and oxygen atoms in total. The van der Waals surface area contributed by atoms with Crippen LogP contribution < -0.4 is 10.1 Å². The average molecular weight is 355 g/mol. The minimum absolute atomic E-state index is 0.149. The number of carbonyl (C=O) groups excluding carboxylic acids is 2. The summed E-state index contributed by atoms with van der Waals surface area (Å²) in [6, 6.07) is 11.8. The minimum atomic E-state index is -0.435. The van der Waals surface area contributed by atoms with Gasteiger partial charge in [-0.2, -0.15) is 0 Å². The molecule has 0 heterocycles. The summed E-state index contributed by atoms with van der Waals surface area (Å²) in [7, 11) is 1.63. The van der Waals surface area contributed by atoms with Crippen LogP contribution in [0.3, 0.4) is 0 Å². The molecule has 1 fully saturated rings. The number of esters is 1. The molecule has 138 valence electrons. The zero-order chi connectivity index (χ0) is 18.7. The quantitative estimate of drug-likeness (QED) is 0.773. The van der Waals surface area contributed by atoms with Crippen molar-refractivity contribution in [3.05, 3.63) is 42.0 Å². The molecular formula is C21H25NO4. The minimum Gasteiger partial charge on any atom is -0.497 e. The molecule has 1 amide bonds. The van der Waals surface area contributed by atoms with Crippen molar-refractivity contribution in [2.45, 2.75) is 38.6 Å². The van der Waals surface area contributed by atoms with Crippen LogP contribution in [0.15, 0.2) is 36.4 Å². The molecule has 0 saturated heterocycles. The highest BCUT2D eigenvalue weighted by Crippen LogP contribution is 2.32. The molecule has 0 aliphatic heterocycles. The summed E-state index contributed by atoms with van der Waals surface area (Å²) < 4.78 is 10.4. The molecule has 2 aromatic carbocycles. The van der Waals surface area contributed by atoms with Crippen molar-refractivity contribution in [2.24, 2.45) is 5.92 Å². The van der Waals surface area contributed by atoms with Gasteiger partial charge in [0.1, 0.15) is 5.75 Å². The monoisotopic (exact) mass is 355 g/mol. The Labute approximate surface area is 153 Å². The smallest absolute Gasteiger partial charge is 0.313 e. The molecule has 0 bridgehead atoms. The molecular weight excluding hydrogens is 330 g/mol. The van der Waals surface area contributed by atoms with Gasteiger partial charge in [-0.05, 0) is 61.1 Å². The van der Waals surface area contributed by atoms with Crippen LogP contribution in [0.5, 0.6) is 5.75 Å². The van der Waals surface area contributed by atoms with Crippen LogP contribution in [0, 0.1) is 5.92 Å². The van der Waals surface area contributed by atoms with Gasteiger partial charge in [0.15, 0.2) is 6.61 Å². The fourth-order valence-corrected chi connectivity index (χ4v) is 3.05. The molecule has 1 N–H and O–H groups in total. The van der Waals surface area contributed by atoms with Crippen LogP contribution in [0.2, 0.25) is 0 Å². The lowest BCUT2D eigenvalue weighted by molar-refractivity contribution is -0.149. The zero-order valence-electron chi connectivity index (χ0n) is 15.5. The van der Waals surface area contributed by atoms with E-state index in [9.17, 15) is 9.59 Å². The van der Waals surface area contributed by atoms with Crippen LogP contribution in [0.25, 0.3) is 10.8 Å². The molecule has 0 spiro atoms. The van der Waals surface area contributed by atoms with Crippen LogP contribution in [0.1, 0.15) is 38.2 Å². The predicted octanol–water partition coefficient (Wildman–Crippen LogP) is 3.41. The van der Waals surface area contributed by atoms with Crippen LogP contribution in [0.4, 0.5) is 0 Å². The summed E-state index contributed by atoms with van der Waals surface area (Å²) in [6.07, 6.45) is 2.32. The van der Waals surface area contributed by atoms with Gasteiger partial charge in [0.25, 0.3) is 5.91 Å². The van der Waals surface area contributed by atoms with Gasteiger partial charge < -0.3 is 14.8 Å². The Bertz CT molecular complexity index is 813. The summed E-state index contributed by atoms with van der Waals surface area (Å²) in [5, 5.41) is 4.95. The van der Waals surface area contributed by atoms with Gasteiger partial charge in [-0.3, -0.25) is 9.59 Å². The Morgan fingerprint density at radius 2 is 1.81 bits per heavy atom. The van der Waals surface area contributed by atoms with Gasteiger partial charge in [-0.1, -0.05) is 24.3 Å². The number of ether oxygens (including phenoxy) is 2. The van der Waals surface area contributed by atoms with E-state index >= 15 is 0 Å². The van der Waals surface area contributed by atoms with Gasteiger partial charge in [-0.15, -0.1) is 0 Å². The maximum Gasteiger partial charge on any atom is 0.313 e. The Morgan fingerprint density at radius 3 is 2.50 bits per heavy atom. The number of nitrogens with one attached hydrogen (secondary N) is 1. The Balaban J connectivity index is 1.58. The first-order chi connectivity index (χ1) is 12.5. The summed E-state index contributed by atoms with van der Waals surface area (Å²) in [5.74, 6) is 0.298. The van der Waals surface area contributed by atoms with Crippen molar-refractivity contribution in [1.82, 2.24) is 5.32 Å². The van der Waals surface area contributed by atoms with Crippen LogP contribution in [-0.4, -0.2) is 31.6 Å². The van der Waals surface area contributed by atoms with Crippen molar-refractivity contribution in [2.75, 3.05) is 13.7 Å². The first-order valence-electron chi connectivity index (χ1n) is 9.01. The van der Waals surface area contributed by atoms with Crippen LogP contribution in [-0.2, 0) is 14.3 Å². The Kier molecular flexibility index (Phi) is 5.45. The maximum atomic E-state index is 12.3. The fraction of sp³-hybridized carbons (Fsp3) is 0.429. The summed E-state index contributed by atoms with van der Waals surface area (Å²) in [4.78, 5) is 24.2. The molecule has 2 atom stereocenters. The van der Waals surface area contributed by atoms with E-state index in [-0.39, 0.29) is 18.6 Å². The largest absolute Gasteiger partial charge is 0.497 e. The van der Waals surface area contributed by atoms with E-state index in [2.05, 4.69) is 5.32 Å². The lowest BCUT2D eigenvalue weighted by atomic mass is 9.98. The lowest BCUT2D eigenvalue weighted by Gasteiger charge is -2.15. The predicted molar refractivity (Wildman–Crippen MR) is 100 cm³/mol. The molecule has 1 aliphatic rings. The SMILES string of the molecule is COc1ccc2cc([C@H](C)C(=O)OCC(=O)N[C@@H](C)C3CC3)ccc2c1. The Morgan fingerprint density at radius 1 is 1.12 bits per heavy atom. The lowest BCUT2D eigenvalue weighted by Crippen LogP contribution is -2.37. The van der Waals surface area contributed by atoms with Crippen molar-refractivity contribution >= 4 is 22.6 Å². The van der Waals surface area contributed by atoms with Gasteiger partial charge in [0.05, 0.1) is 13.0 Å². The van der Waals surface area contributed by atoms with Gasteiger partial charge in [0, 0.05) is 6.04 Å². The van der Waals surface area contributed by atoms with Crippen LogP contribution >= 0.6 is 0 Å². The number of rotatable bonds is 7. The van der Waals surface area contributed by atoms with Gasteiger partial charge in [-0.25, -0.2) is 0 Å². The highest BCUT2D eigenvalue weighted by atomic mass is 16.5. The molecule has 1 aliphatic carbocycles. The molecule has 3 rings (SSSR count). The summed E-state index contributed by atoms with van der Waals surface area (Å²) in [6.45, 7) is 3.55. The highest BCUT2D eigenvalue weighted by Gasteiger charge is 2.29. The third-order valence-electron chi connectivity index (χ3n) is 4.99. The molecule has 1 saturated carbocycles. The first kappa shape index (κ1) is 18.2.